The molecule has 0 aliphatic heterocycles. The Morgan fingerprint density at radius 2 is 2.00 bits per heavy atom. The minimum Gasteiger partial charge on any atom is -0.482 e. The van der Waals surface area contributed by atoms with Crippen LogP contribution in [0.25, 0.3) is 0 Å². The average Bonchev–Trinajstić information content (AvgIpc) is 2.55. The second-order valence-electron chi connectivity index (χ2n) is 6.17. The molecule has 0 saturated heterocycles. The van der Waals surface area contributed by atoms with E-state index < -0.39 is 12.1 Å². The second kappa shape index (κ2) is 8.92. The van der Waals surface area contributed by atoms with Gasteiger partial charge in [-0.05, 0) is 50.5 Å². The topological polar surface area (TPSA) is 64.6 Å². The summed E-state index contributed by atoms with van der Waals surface area (Å²) in [6, 6.07) is 5.34. The van der Waals surface area contributed by atoms with E-state index in [2.05, 4.69) is 5.32 Å². The van der Waals surface area contributed by atoms with Crippen molar-refractivity contribution < 1.29 is 19.1 Å². The first kappa shape index (κ1) is 18.6. The van der Waals surface area contributed by atoms with Crippen LogP contribution in [-0.4, -0.2) is 30.6 Å². The number of carbonyl (C=O) groups excluding carboxylic acids is 2. The summed E-state index contributed by atoms with van der Waals surface area (Å²) in [5.41, 5.74) is 0.832. The summed E-state index contributed by atoms with van der Waals surface area (Å²) in [6.45, 7) is 3.17. The maximum atomic E-state index is 12.1. The van der Waals surface area contributed by atoms with E-state index in [-0.39, 0.29) is 18.6 Å². The Kier molecular flexibility index (Phi) is 6.91. The third-order valence-electron chi connectivity index (χ3n) is 4.11. The number of aryl methyl sites for hydroxylation is 1. The van der Waals surface area contributed by atoms with Crippen LogP contribution in [0.5, 0.6) is 5.75 Å². The Bertz CT molecular complexity index is 584. The fraction of sp³-hybridized carbons (Fsp3) is 0.556. The van der Waals surface area contributed by atoms with Crippen LogP contribution in [-0.2, 0) is 14.3 Å². The highest BCUT2D eigenvalue weighted by molar-refractivity contribution is 6.30. The molecule has 0 aromatic heterocycles. The molecule has 0 heterocycles. The van der Waals surface area contributed by atoms with E-state index in [9.17, 15) is 9.59 Å². The van der Waals surface area contributed by atoms with Crippen molar-refractivity contribution >= 4 is 23.5 Å². The highest BCUT2D eigenvalue weighted by Gasteiger charge is 2.22. The van der Waals surface area contributed by atoms with Crippen molar-refractivity contribution in [3.63, 3.8) is 0 Å². The van der Waals surface area contributed by atoms with Crippen LogP contribution in [0.2, 0.25) is 5.02 Å². The molecule has 0 spiro atoms. The van der Waals surface area contributed by atoms with Crippen LogP contribution in [0.15, 0.2) is 18.2 Å². The number of esters is 1. The third kappa shape index (κ3) is 5.71. The zero-order valence-electron chi connectivity index (χ0n) is 14.1. The number of halogens is 1. The van der Waals surface area contributed by atoms with Crippen LogP contribution in [0, 0.1) is 6.92 Å². The molecule has 1 fully saturated rings. The molecule has 1 saturated carbocycles. The lowest BCUT2D eigenvalue weighted by molar-refractivity contribution is -0.156. The zero-order chi connectivity index (χ0) is 17.5. The van der Waals surface area contributed by atoms with E-state index in [4.69, 9.17) is 21.1 Å². The molecule has 1 aliphatic carbocycles. The van der Waals surface area contributed by atoms with Gasteiger partial charge in [0.05, 0.1) is 0 Å². The molecular formula is C18H24ClNO4. The molecule has 0 radical (unpaired) electrons. The van der Waals surface area contributed by atoms with Crippen molar-refractivity contribution in [3.05, 3.63) is 28.8 Å². The Hall–Kier alpha value is -1.75. The molecule has 1 aromatic rings. The van der Waals surface area contributed by atoms with E-state index in [1.165, 1.54) is 6.42 Å². The standard InChI is InChI=1S/C18H24ClNO4/c1-12-10-14(19)8-9-16(12)23-11-17(21)24-13(2)18(22)20-15-6-4-3-5-7-15/h8-10,13,15H,3-7,11H2,1-2H3,(H,20,22). The number of hydrogen-bond acceptors (Lipinski definition) is 4. The van der Waals surface area contributed by atoms with E-state index in [1.807, 2.05) is 6.92 Å². The monoisotopic (exact) mass is 353 g/mol. The summed E-state index contributed by atoms with van der Waals surface area (Å²) < 4.78 is 10.6. The van der Waals surface area contributed by atoms with Gasteiger partial charge in [0.1, 0.15) is 5.75 Å². The van der Waals surface area contributed by atoms with E-state index in [0.717, 1.165) is 31.2 Å². The van der Waals surface area contributed by atoms with Crippen LogP contribution in [0.3, 0.4) is 0 Å². The van der Waals surface area contributed by atoms with Gasteiger partial charge >= 0.3 is 5.97 Å². The van der Waals surface area contributed by atoms with Gasteiger partial charge in [0.2, 0.25) is 0 Å². The maximum absolute atomic E-state index is 12.1. The van der Waals surface area contributed by atoms with Gasteiger partial charge in [-0.1, -0.05) is 30.9 Å². The molecule has 1 aromatic carbocycles. The molecule has 1 N–H and O–H groups in total. The van der Waals surface area contributed by atoms with Crippen molar-refractivity contribution in [1.82, 2.24) is 5.32 Å². The smallest absolute Gasteiger partial charge is 0.344 e. The number of ether oxygens (including phenoxy) is 2. The first-order valence-electron chi connectivity index (χ1n) is 8.34. The molecule has 1 atom stereocenters. The normalized spacial score (nSPS) is 16.3. The molecule has 1 aliphatic rings. The summed E-state index contributed by atoms with van der Waals surface area (Å²) >= 11 is 5.87. The van der Waals surface area contributed by atoms with Gasteiger partial charge in [-0.15, -0.1) is 0 Å². The third-order valence-corrected chi connectivity index (χ3v) is 4.35. The Balaban J connectivity index is 1.75. The van der Waals surface area contributed by atoms with Gasteiger partial charge < -0.3 is 14.8 Å². The molecule has 0 bridgehead atoms. The zero-order valence-corrected chi connectivity index (χ0v) is 14.9. The lowest BCUT2D eigenvalue weighted by Crippen LogP contribution is -2.43. The lowest BCUT2D eigenvalue weighted by atomic mass is 9.95. The van der Waals surface area contributed by atoms with Gasteiger partial charge in [0.25, 0.3) is 5.91 Å². The molecule has 1 amide bonds. The quantitative estimate of drug-likeness (QED) is 0.796. The molecule has 6 heteroatoms. The Morgan fingerprint density at radius 1 is 1.29 bits per heavy atom. The average molecular weight is 354 g/mol. The largest absolute Gasteiger partial charge is 0.482 e. The fourth-order valence-corrected chi connectivity index (χ4v) is 2.99. The van der Waals surface area contributed by atoms with Crippen LogP contribution >= 0.6 is 11.6 Å². The van der Waals surface area contributed by atoms with E-state index >= 15 is 0 Å². The fourth-order valence-electron chi connectivity index (χ4n) is 2.76. The molecule has 24 heavy (non-hydrogen) atoms. The van der Waals surface area contributed by atoms with Crippen molar-refractivity contribution in [1.29, 1.82) is 0 Å². The first-order valence-corrected chi connectivity index (χ1v) is 8.72. The van der Waals surface area contributed by atoms with Gasteiger partial charge in [-0.3, -0.25) is 4.79 Å². The van der Waals surface area contributed by atoms with Gasteiger partial charge in [0.15, 0.2) is 12.7 Å². The minimum atomic E-state index is -0.825. The number of hydrogen-bond donors (Lipinski definition) is 1. The van der Waals surface area contributed by atoms with Gasteiger partial charge in [0, 0.05) is 11.1 Å². The molecule has 5 nitrogen and oxygen atoms in total. The van der Waals surface area contributed by atoms with Crippen molar-refractivity contribution in [3.8, 4) is 5.75 Å². The minimum absolute atomic E-state index is 0.195. The SMILES string of the molecule is Cc1cc(Cl)ccc1OCC(=O)OC(C)C(=O)NC1CCCCC1. The summed E-state index contributed by atoms with van der Waals surface area (Å²) in [6.07, 6.45) is 4.64. The van der Waals surface area contributed by atoms with Crippen LogP contribution < -0.4 is 10.1 Å². The summed E-state index contributed by atoms with van der Waals surface area (Å²) in [5, 5.41) is 3.55. The highest BCUT2D eigenvalue weighted by Crippen LogP contribution is 2.21. The van der Waals surface area contributed by atoms with Crippen LogP contribution in [0.1, 0.15) is 44.6 Å². The van der Waals surface area contributed by atoms with Crippen LogP contribution in [0.4, 0.5) is 0 Å². The molecule has 2 rings (SSSR count). The van der Waals surface area contributed by atoms with Gasteiger partial charge in [-0.25, -0.2) is 4.79 Å². The highest BCUT2D eigenvalue weighted by atomic mass is 35.5. The first-order chi connectivity index (χ1) is 11.5. The predicted octanol–water partition coefficient (Wildman–Crippen LogP) is 3.41. The summed E-state index contributed by atoms with van der Waals surface area (Å²) in [7, 11) is 0. The van der Waals surface area contributed by atoms with Crippen molar-refractivity contribution in [2.75, 3.05) is 6.61 Å². The molecule has 1 unspecified atom stereocenters. The number of amides is 1. The summed E-state index contributed by atoms with van der Waals surface area (Å²) in [5.74, 6) is -0.260. The van der Waals surface area contributed by atoms with E-state index in [1.54, 1.807) is 25.1 Å². The number of rotatable bonds is 6. The second-order valence-corrected chi connectivity index (χ2v) is 6.61. The Morgan fingerprint density at radius 3 is 2.67 bits per heavy atom. The maximum Gasteiger partial charge on any atom is 0.344 e. The Labute approximate surface area is 147 Å². The number of nitrogens with one attached hydrogen (secondary N) is 1. The lowest BCUT2D eigenvalue weighted by Gasteiger charge is -2.24. The van der Waals surface area contributed by atoms with Gasteiger partial charge in [-0.2, -0.15) is 0 Å². The molecule has 132 valence electrons. The van der Waals surface area contributed by atoms with Crippen molar-refractivity contribution in [2.45, 2.75) is 58.1 Å². The number of benzene rings is 1. The summed E-state index contributed by atoms with van der Waals surface area (Å²) in [4.78, 5) is 23.9. The van der Waals surface area contributed by atoms with Crippen molar-refractivity contribution in [2.24, 2.45) is 0 Å². The predicted molar refractivity (Wildman–Crippen MR) is 92.3 cm³/mol. The van der Waals surface area contributed by atoms with E-state index in [0.29, 0.717) is 10.8 Å². The number of carbonyl (C=O) groups is 2. The molecular weight excluding hydrogens is 330 g/mol.